The van der Waals surface area contributed by atoms with E-state index in [0.717, 1.165) is 31.1 Å². The first-order valence-corrected chi connectivity index (χ1v) is 11.5. The van der Waals surface area contributed by atoms with E-state index in [-0.39, 0.29) is 30.3 Å². The molecule has 0 spiro atoms. The number of hydrogen-bond donors (Lipinski definition) is 4. The number of benzene rings is 2. The summed E-state index contributed by atoms with van der Waals surface area (Å²) >= 11 is 0. The van der Waals surface area contributed by atoms with Crippen LogP contribution in [-0.4, -0.2) is 36.2 Å². The van der Waals surface area contributed by atoms with Crippen molar-refractivity contribution in [2.24, 2.45) is 5.41 Å². The minimum Gasteiger partial charge on any atom is -0.390 e. The number of carbonyl (C=O) groups excluding carboxylic acids is 1. The number of nitrogens with one attached hydrogen (secondary N) is 3. The van der Waals surface area contributed by atoms with Gasteiger partial charge in [-0.2, -0.15) is 0 Å². The zero-order chi connectivity index (χ0) is 24.2. The van der Waals surface area contributed by atoms with Crippen LogP contribution in [0.25, 0.3) is 0 Å². The third kappa shape index (κ3) is 7.51. The Morgan fingerprint density at radius 2 is 1.85 bits per heavy atom. The lowest BCUT2D eigenvalue weighted by molar-refractivity contribution is -0.120. The molecule has 7 heteroatoms. The third-order valence-corrected chi connectivity index (χ3v) is 5.78. The molecule has 2 aromatic carbocycles. The number of aliphatic hydroxyl groups is 1. The van der Waals surface area contributed by atoms with E-state index in [1.54, 1.807) is 0 Å². The molecule has 4 N–H and O–H groups in total. The minimum atomic E-state index is -0.934. The smallest absolute Gasteiger partial charge is 0.217 e. The van der Waals surface area contributed by atoms with Crippen LogP contribution in [0.1, 0.15) is 56.8 Å². The van der Waals surface area contributed by atoms with Crippen molar-refractivity contribution in [3.63, 3.8) is 0 Å². The molecule has 0 saturated carbocycles. The van der Waals surface area contributed by atoms with E-state index in [4.69, 9.17) is 0 Å². The SMILES string of the molecule is CC(=O)N[C@@H](Cc1cc(F)cc(F)c1)[C@H](O)CN[C@H]1CCNc2ccc(CC(C)(C)C)cc21. The maximum Gasteiger partial charge on any atom is 0.217 e. The van der Waals surface area contributed by atoms with Gasteiger partial charge in [-0.3, -0.25) is 4.79 Å². The summed E-state index contributed by atoms with van der Waals surface area (Å²) in [7, 11) is 0. The Hall–Kier alpha value is -2.51. The number of hydrogen-bond acceptors (Lipinski definition) is 4. The Labute approximate surface area is 195 Å². The fraction of sp³-hybridized carbons (Fsp3) is 0.500. The molecule has 180 valence electrons. The standard InChI is InChI=1S/C26H35F2N3O2/c1-16(32)31-24(12-18-9-19(27)13-20(28)10-18)25(33)15-30-23-7-8-29-22-6-5-17(11-21(22)23)14-26(2,3)4/h5-6,9-11,13,23-25,29-30,33H,7-8,12,14-15H2,1-4H3,(H,31,32)/t23-,24-,25+/m0/s1. The van der Waals surface area contributed by atoms with E-state index in [2.05, 4.69) is 54.9 Å². The molecule has 33 heavy (non-hydrogen) atoms. The van der Waals surface area contributed by atoms with Crippen LogP contribution in [0, 0.1) is 17.0 Å². The molecule has 1 aliphatic rings. The molecular formula is C26H35F2N3O2. The Morgan fingerprint density at radius 3 is 2.48 bits per heavy atom. The Morgan fingerprint density at radius 1 is 1.15 bits per heavy atom. The maximum atomic E-state index is 13.6. The highest BCUT2D eigenvalue weighted by Gasteiger charge is 2.25. The van der Waals surface area contributed by atoms with Crippen LogP contribution >= 0.6 is 0 Å². The highest BCUT2D eigenvalue weighted by molar-refractivity contribution is 5.73. The summed E-state index contributed by atoms with van der Waals surface area (Å²) in [6, 6.07) is 9.11. The van der Waals surface area contributed by atoms with Crippen molar-refractivity contribution >= 4 is 11.6 Å². The Balaban J connectivity index is 1.70. The van der Waals surface area contributed by atoms with Crippen molar-refractivity contribution < 1.29 is 18.7 Å². The Bertz CT molecular complexity index is 954. The summed E-state index contributed by atoms with van der Waals surface area (Å²) in [6.07, 6.45) is 1.01. The van der Waals surface area contributed by atoms with Crippen LogP contribution in [0.2, 0.25) is 0 Å². The number of amides is 1. The summed E-state index contributed by atoms with van der Waals surface area (Å²) < 4.78 is 27.2. The van der Waals surface area contributed by atoms with E-state index in [1.165, 1.54) is 30.2 Å². The van der Waals surface area contributed by atoms with E-state index in [1.807, 2.05) is 0 Å². The van der Waals surface area contributed by atoms with Crippen molar-refractivity contribution in [3.8, 4) is 0 Å². The summed E-state index contributed by atoms with van der Waals surface area (Å²) in [5.74, 6) is -1.68. The predicted molar refractivity (Wildman–Crippen MR) is 127 cm³/mol. The van der Waals surface area contributed by atoms with Gasteiger partial charge < -0.3 is 21.1 Å². The monoisotopic (exact) mass is 459 g/mol. The minimum absolute atomic E-state index is 0.0559. The average molecular weight is 460 g/mol. The lowest BCUT2D eigenvalue weighted by Gasteiger charge is -2.31. The highest BCUT2D eigenvalue weighted by Crippen LogP contribution is 2.32. The van der Waals surface area contributed by atoms with E-state index in [0.29, 0.717) is 5.56 Å². The molecule has 0 bridgehead atoms. The van der Waals surface area contributed by atoms with Gasteiger partial charge in [0.05, 0.1) is 12.1 Å². The molecule has 0 saturated heterocycles. The van der Waals surface area contributed by atoms with Gasteiger partial charge in [0, 0.05) is 37.8 Å². The van der Waals surface area contributed by atoms with Gasteiger partial charge in [-0.1, -0.05) is 32.9 Å². The van der Waals surface area contributed by atoms with Crippen molar-refractivity contribution in [2.75, 3.05) is 18.4 Å². The second-order valence-corrected chi connectivity index (χ2v) is 10.2. The molecule has 1 aliphatic heterocycles. The van der Waals surface area contributed by atoms with Crippen molar-refractivity contribution in [2.45, 2.75) is 65.1 Å². The number of carbonyl (C=O) groups is 1. The summed E-state index contributed by atoms with van der Waals surface area (Å²) in [4.78, 5) is 11.7. The van der Waals surface area contributed by atoms with Crippen LogP contribution in [0.4, 0.5) is 14.5 Å². The first-order valence-electron chi connectivity index (χ1n) is 11.5. The summed E-state index contributed by atoms with van der Waals surface area (Å²) in [6.45, 7) is 9.04. The molecule has 0 radical (unpaired) electrons. The second-order valence-electron chi connectivity index (χ2n) is 10.2. The van der Waals surface area contributed by atoms with Gasteiger partial charge in [-0.25, -0.2) is 8.78 Å². The topological polar surface area (TPSA) is 73.4 Å². The predicted octanol–water partition coefficient (Wildman–Crippen LogP) is 4.11. The van der Waals surface area contributed by atoms with Crippen LogP contribution in [0.5, 0.6) is 0 Å². The van der Waals surface area contributed by atoms with E-state index < -0.39 is 23.8 Å². The van der Waals surface area contributed by atoms with Crippen molar-refractivity contribution in [1.29, 1.82) is 0 Å². The molecule has 5 nitrogen and oxygen atoms in total. The first-order chi connectivity index (χ1) is 15.5. The average Bonchev–Trinajstić information content (AvgIpc) is 2.69. The molecule has 3 atom stereocenters. The van der Waals surface area contributed by atoms with Crippen LogP contribution < -0.4 is 16.0 Å². The first kappa shape index (κ1) is 25.1. The summed E-state index contributed by atoms with van der Waals surface area (Å²) in [5, 5.41) is 20.5. The zero-order valence-corrected chi connectivity index (χ0v) is 19.8. The zero-order valence-electron chi connectivity index (χ0n) is 19.8. The van der Waals surface area contributed by atoms with Gasteiger partial charge in [0.2, 0.25) is 5.91 Å². The fourth-order valence-corrected chi connectivity index (χ4v) is 4.43. The normalized spacial score (nSPS) is 17.6. The Kier molecular flexibility index (Phi) is 8.08. The van der Waals surface area contributed by atoms with Gasteiger partial charge in [0.15, 0.2) is 0 Å². The van der Waals surface area contributed by atoms with Gasteiger partial charge in [-0.05, 0) is 59.6 Å². The number of aliphatic hydroxyl groups excluding tert-OH is 1. The van der Waals surface area contributed by atoms with Crippen LogP contribution in [0.3, 0.4) is 0 Å². The molecule has 0 fully saturated rings. The molecule has 1 heterocycles. The quantitative estimate of drug-likeness (QED) is 0.480. The largest absolute Gasteiger partial charge is 0.390 e. The van der Waals surface area contributed by atoms with E-state index in [9.17, 15) is 18.7 Å². The molecule has 2 aromatic rings. The van der Waals surface area contributed by atoms with Crippen molar-refractivity contribution in [3.05, 3.63) is 64.7 Å². The maximum absolute atomic E-state index is 13.6. The lowest BCUT2D eigenvalue weighted by atomic mass is 9.86. The summed E-state index contributed by atoms with van der Waals surface area (Å²) in [5.41, 5.74) is 4.07. The number of anilines is 1. The highest BCUT2D eigenvalue weighted by atomic mass is 19.1. The van der Waals surface area contributed by atoms with Crippen LogP contribution in [-0.2, 0) is 17.6 Å². The molecule has 1 amide bonds. The van der Waals surface area contributed by atoms with Gasteiger partial charge in [0.25, 0.3) is 0 Å². The third-order valence-electron chi connectivity index (χ3n) is 5.78. The molecular weight excluding hydrogens is 424 g/mol. The van der Waals surface area contributed by atoms with Gasteiger partial charge in [0.1, 0.15) is 11.6 Å². The fourth-order valence-electron chi connectivity index (χ4n) is 4.43. The van der Waals surface area contributed by atoms with Gasteiger partial charge in [-0.15, -0.1) is 0 Å². The molecule has 0 aromatic heterocycles. The van der Waals surface area contributed by atoms with E-state index >= 15 is 0 Å². The lowest BCUT2D eigenvalue weighted by Crippen LogP contribution is -2.48. The number of fused-ring (bicyclic) bond motifs is 1. The molecule has 0 aliphatic carbocycles. The van der Waals surface area contributed by atoms with Crippen molar-refractivity contribution in [1.82, 2.24) is 10.6 Å². The van der Waals surface area contributed by atoms with Crippen LogP contribution in [0.15, 0.2) is 36.4 Å². The molecule has 3 rings (SSSR count). The number of rotatable bonds is 8. The second kappa shape index (κ2) is 10.6. The molecule has 0 unspecified atom stereocenters. The van der Waals surface area contributed by atoms with Gasteiger partial charge >= 0.3 is 0 Å². The number of halogens is 2.